The molecule has 0 aliphatic rings. The molecule has 4 rings (SSSR count). The Kier molecular flexibility index (Phi) is 17.4. The van der Waals surface area contributed by atoms with E-state index in [-0.39, 0.29) is 30.2 Å². The molecule has 0 aliphatic carbocycles. The van der Waals surface area contributed by atoms with Gasteiger partial charge in [-0.1, -0.05) is 90.5 Å². The summed E-state index contributed by atoms with van der Waals surface area (Å²) in [6, 6.07) is 18.4. The molecule has 0 saturated heterocycles. The quantitative estimate of drug-likeness (QED) is 0.228. The van der Waals surface area contributed by atoms with Crippen LogP contribution in [0.3, 0.4) is 0 Å². The average Bonchev–Trinajstić information content (AvgIpc) is 3.37. The van der Waals surface area contributed by atoms with Crippen molar-refractivity contribution in [3.63, 3.8) is 0 Å². The van der Waals surface area contributed by atoms with Crippen molar-refractivity contribution in [3.8, 4) is 0 Å². The van der Waals surface area contributed by atoms with Crippen LogP contribution in [-0.4, -0.2) is 5.43 Å². The van der Waals surface area contributed by atoms with Gasteiger partial charge in [0.2, 0.25) is 0 Å². The van der Waals surface area contributed by atoms with Gasteiger partial charge in [-0.05, 0) is 12.8 Å². The van der Waals surface area contributed by atoms with Gasteiger partial charge in [0.15, 0.2) is 0 Å². The molecular formula is C32H44Cl2SiZr-2. The molecule has 0 aliphatic heterocycles. The Hall–Kier alpha value is -0.660. The van der Waals surface area contributed by atoms with Crippen molar-refractivity contribution in [1.29, 1.82) is 0 Å². The second kappa shape index (κ2) is 17.8. The molecule has 4 heteroatoms. The van der Waals surface area contributed by atoms with Crippen molar-refractivity contribution in [2.75, 3.05) is 0 Å². The van der Waals surface area contributed by atoms with Crippen molar-refractivity contribution in [1.82, 2.24) is 0 Å². The van der Waals surface area contributed by atoms with E-state index in [9.17, 15) is 0 Å². The molecule has 0 aromatic heterocycles. The molecule has 0 unspecified atom stereocenters. The summed E-state index contributed by atoms with van der Waals surface area (Å²) in [7, 11) is 0. The Bertz CT molecular complexity index is 1120. The Morgan fingerprint density at radius 2 is 1.00 bits per heavy atom. The summed E-state index contributed by atoms with van der Waals surface area (Å²) in [6.45, 7) is 17.9. The van der Waals surface area contributed by atoms with E-state index >= 15 is 0 Å². The Morgan fingerprint density at radius 1 is 0.667 bits per heavy atom. The van der Waals surface area contributed by atoms with Gasteiger partial charge in [0, 0.05) is 0 Å². The van der Waals surface area contributed by atoms with Crippen LogP contribution >= 0.6 is 0 Å². The van der Waals surface area contributed by atoms with Crippen LogP contribution in [0.15, 0.2) is 48.5 Å². The molecule has 0 nitrogen and oxygen atoms in total. The van der Waals surface area contributed by atoms with Crippen LogP contribution in [0.1, 0.15) is 72.9 Å². The zero-order valence-electron chi connectivity index (χ0n) is 23.6. The van der Waals surface area contributed by atoms with E-state index in [0.717, 1.165) is 0 Å². The second-order valence-corrected chi connectivity index (χ2v) is 19.4. The maximum Gasteiger partial charge on any atom is -1.00 e. The second-order valence-electron chi connectivity index (χ2n) is 10.0. The third-order valence-electron chi connectivity index (χ3n) is 6.28. The summed E-state index contributed by atoms with van der Waals surface area (Å²) >= 11 is 1.74. The van der Waals surface area contributed by atoms with Crippen molar-refractivity contribution in [2.45, 2.75) is 93.2 Å². The van der Waals surface area contributed by atoms with E-state index in [1.54, 1.807) is 23.3 Å². The van der Waals surface area contributed by atoms with Crippen LogP contribution in [0, 0.1) is 27.7 Å². The molecule has 0 amide bonds. The first-order chi connectivity index (χ1) is 16.2. The van der Waals surface area contributed by atoms with Crippen molar-refractivity contribution in [3.05, 3.63) is 81.9 Å². The number of unbranched alkanes of at least 4 members (excludes halogenated alkanes) is 2. The minimum atomic E-state index is 0. The fourth-order valence-corrected chi connectivity index (χ4v) is 4.47. The molecule has 0 fully saturated rings. The first kappa shape index (κ1) is 35.3. The van der Waals surface area contributed by atoms with Crippen molar-refractivity contribution < 1.29 is 48.1 Å². The van der Waals surface area contributed by atoms with Gasteiger partial charge < -0.3 is 24.8 Å². The normalized spacial score (nSPS) is 10.1. The van der Waals surface area contributed by atoms with E-state index in [4.69, 9.17) is 0 Å². The summed E-state index contributed by atoms with van der Waals surface area (Å²) in [5.41, 5.74) is 8.82. The first-order valence-electron chi connectivity index (χ1n) is 13.0. The molecule has 0 spiro atoms. The van der Waals surface area contributed by atoms with Crippen LogP contribution in [-0.2, 0) is 36.2 Å². The summed E-state index contributed by atoms with van der Waals surface area (Å²) in [5.74, 6) is 0. The monoisotopic (exact) mass is 616 g/mol. The average molecular weight is 619 g/mol. The first-order valence-corrected chi connectivity index (χ1v) is 19.2. The standard InChI is InChI=1S/2C15H19.C2H6Si.2ClH.Zr/c2*1-4-5-6-13-8-7-12(3)14-9-11(2)10-15(13)14;1-3-2;;;/h2*7-10H,4-6H2,1-3H3;1-2H3;2*1H;/q2*-1;;;;+2/p-2. The number of aryl methyl sites for hydroxylation is 6. The number of benzene rings is 2. The molecule has 4 aromatic carbocycles. The van der Waals surface area contributed by atoms with Crippen LogP contribution < -0.4 is 24.8 Å². The number of halogens is 2. The molecule has 0 saturated carbocycles. The van der Waals surface area contributed by atoms with Gasteiger partial charge in [-0.3, -0.25) is 0 Å². The molecule has 196 valence electrons. The summed E-state index contributed by atoms with van der Waals surface area (Å²) in [4.78, 5) is 0. The van der Waals surface area contributed by atoms with E-state index in [1.807, 2.05) is 0 Å². The third kappa shape index (κ3) is 10.6. The summed E-state index contributed by atoms with van der Waals surface area (Å²) in [5, 5.41) is 5.84. The van der Waals surface area contributed by atoms with E-state index in [0.29, 0.717) is 0 Å². The van der Waals surface area contributed by atoms with Gasteiger partial charge >= 0.3 is 41.9 Å². The molecule has 0 radical (unpaired) electrons. The molecule has 36 heavy (non-hydrogen) atoms. The topological polar surface area (TPSA) is 0 Å². The van der Waals surface area contributed by atoms with Crippen molar-refractivity contribution >= 4 is 27.0 Å². The van der Waals surface area contributed by atoms with Crippen LogP contribution in [0.4, 0.5) is 0 Å². The number of fused-ring (bicyclic) bond motifs is 2. The number of rotatable bonds is 6. The zero-order valence-corrected chi connectivity index (χ0v) is 28.6. The molecule has 0 heterocycles. The van der Waals surface area contributed by atoms with Gasteiger partial charge in [-0.25, -0.2) is 0 Å². The minimum Gasteiger partial charge on any atom is -1.00 e. The smallest absolute Gasteiger partial charge is 1.00 e. The molecule has 0 atom stereocenters. The van der Waals surface area contributed by atoms with Gasteiger partial charge in [0.25, 0.3) is 0 Å². The van der Waals surface area contributed by atoms with Gasteiger partial charge in [0.05, 0.1) is 0 Å². The Labute approximate surface area is 248 Å². The van der Waals surface area contributed by atoms with Crippen molar-refractivity contribution in [2.24, 2.45) is 0 Å². The van der Waals surface area contributed by atoms with E-state index in [2.05, 4.69) is 103 Å². The van der Waals surface area contributed by atoms with Crippen LogP contribution in [0.25, 0.3) is 21.5 Å². The maximum absolute atomic E-state index is 2.33. The summed E-state index contributed by atoms with van der Waals surface area (Å²) < 4.78 is 0. The van der Waals surface area contributed by atoms with E-state index in [1.165, 1.54) is 93.5 Å². The predicted octanol–water partition coefficient (Wildman–Crippen LogP) is 3.83. The Morgan fingerprint density at radius 3 is 1.31 bits per heavy atom. The molecule has 0 N–H and O–H groups in total. The zero-order chi connectivity index (χ0) is 25.3. The largest absolute Gasteiger partial charge is 1.00 e. The summed E-state index contributed by atoms with van der Waals surface area (Å²) in [6.07, 6.45) is 7.57. The van der Waals surface area contributed by atoms with Crippen LogP contribution in [0.5, 0.6) is 0 Å². The fourth-order valence-electron chi connectivity index (χ4n) is 4.47. The number of hydrogen-bond donors (Lipinski definition) is 0. The molecule has 4 aromatic rings. The SMILES string of the molecule is CCCCc1ccc(C)c2[cH-]c(C)cc12.CCCCc1ccc(C)c2[cH-]c(C)cc12.C[Si](C)=[Zr+2].[Cl-].[Cl-]. The maximum atomic E-state index is 2.33. The van der Waals surface area contributed by atoms with Gasteiger partial charge in [0.1, 0.15) is 0 Å². The minimum absolute atomic E-state index is 0. The van der Waals surface area contributed by atoms with Gasteiger partial charge in [-0.2, -0.15) is 12.1 Å². The van der Waals surface area contributed by atoms with Crippen LogP contribution in [0.2, 0.25) is 13.1 Å². The number of hydrogen-bond acceptors (Lipinski definition) is 0. The molecule has 0 bridgehead atoms. The van der Waals surface area contributed by atoms with E-state index < -0.39 is 0 Å². The van der Waals surface area contributed by atoms with Gasteiger partial charge in [-0.15, -0.1) is 68.1 Å². The predicted molar refractivity (Wildman–Crippen MR) is 153 cm³/mol. The third-order valence-corrected chi connectivity index (χ3v) is 6.28. The fraction of sp³-hybridized carbons (Fsp3) is 0.438. The Balaban J connectivity index is 0.000000566. The molecular weight excluding hydrogens is 575 g/mol.